The summed E-state index contributed by atoms with van der Waals surface area (Å²) in [7, 11) is -3.66. The van der Waals surface area contributed by atoms with Gasteiger partial charge >= 0.3 is 5.97 Å². The second kappa shape index (κ2) is 9.56. The summed E-state index contributed by atoms with van der Waals surface area (Å²) in [6.07, 6.45) is 2.78. The quantitative estimate of drug-likeness (QED) is 0.540. The fourth-order valence-corrected chi connectivity index (χ4v) is 6.04. The zero-order valence-corrected chi connectivity index (χ0v) is 20.8. The summed E-state index contributed by atoms with van der Waals surface area (Å²) in [5, 5.41) is 2.90. The van der Waals surface area contributed by atoms with Crippen molar-refractivity contribution in [3.05, 3.63) is 58.6 Å². The van der Waals surface area contributed by atoms with Gasteiger partial charge in [0.1, 0.15) is 0 Å². The van der Waals surface area contributed by atoms with Crippen molar-refractivity contribution in [3.8, 4) is 0 Å². The summed E-state index contributed by atoms with van der Waals surface area (Å²) in [5.74, 6) is -0.834. The molecule has 0 bridgehead atoms. The molecule has 1 heterocycles. The summed E-state index contributed by atoms with van der Waals surface area (Å²) < 4.78 is 33.4. The maximum absolute atomic E-state index is 13.0. The Bertz CT molecular complexity index is 1130. The number of hydrogen-bond acceptors (Lipinski definition) is 5. The number of nitrogens with zero attached hydrogens (tertiary/aromatic N) is 1. The first-order valence-corrected chi connectivity index (χ1v) is 13.3. The van der Waals surface area contributed by atoms with Gasteiger partial charge in [-0.2, -0.15) is 4.31 Å². The summed E-state index contributed by atoms with van der Waals surface area (Å²) >= 11 is 3.32. The maximum Gasteiger partial charge on any atom is 0.316 e. The molecule has 1 aliphatic heterocycles. The SMILES string of the molecule is CCOC(=O)C1(c2ccc(NC(=O)C3CCCN(S(=O)(=O)c4ccc(Br)cc4)C3)cc2)CC1. The third-order valence-corrected chi connectivity index (χ3v) is 8.74. The molecular weight excluding hydrogens is 508 g/mol. The van der Waals surface area contributed by atoms with Gasteiger partial charge in [0.25, 0.3) is 0 Å². The van der Waals surface area contributed by atoms with Crippen LogP contribution in [-0.2, 0) is 29.8 Å². The van der Waals surface area contributed by atoms with Gasteiger partial charge in [0, 0.05) is 23.2 Å². The Kier molecular flexibility index (Phi) is 6.93. The molecule has 1 atom stereocenters. The van der Waals surface area contributed by atoms with E-state index in [1.807, 2.05) is 12.1 Å². The van der Waals surface area contributed by atoms with Gasteiger partial charge in [-0.15, -0.1) is 0 Å². The van der Waals surface area contributed by atoms with Crippen molar-refractivity contribution in [2.45, 2.75) is 42.9 Å². The molecule has 1 N–H and O–H groups in total. The molecule has 2 aromatic rings. The normalized spacial score (nSPS) is 20.1. The van der Waals surface area contributed by atoms with Crippen LogP contribution in [0.4, 0.5) is 5.69 Å². The average molecular weight is 535 g/mol. The molecule has 4 rings (SSSR count). The minimum Gasteiger partial charge on any atom is -0.465 e. The van der Waals surface area contributed by atoms with E-state index >= 15 is 0 Å². The Morgan fingerprint density at radius 3 is 2.39 bits per heavy atom. The molecule has 0 spiro atoms. The first-order valence-electron chi connectivity index (χ1n) is 11.1. The number of piperidine rings is 1. The van der Waals surface area contributed by atoms with Crippen molar-refractivity contribution >= 4 is 43.5 Å². The highest BCUT2D eigenvalue weighted by atomic mass is 79.9. The highest BCUT2D eigenvalue weighted by molar-refractivity contribution is 9.10. The molecule has 2 aromatic carbocycles. The van der Waals surface area contributed by atoms with Gasteiger partial charge in [0.15, 0.2) is 0 Å². The monoisotopic (exact) mass is 534 g/mol. The molecule has 2 aliphatic rings. The van der Waals surface area contributed by atoms with Gasteiger partial charge in [0.05, 0.1) is 22.8 Å². The van der Waals surface area contributed by atoms with Gasteiger partial charge in [-0.25, -0.2) is 8.42 Å². The largest absolute Gasteiger partial charge is 0.465 e. The van der Waals surface area contributed by atoms with Crippen molar-refractivity contribution in [3.63, 3.8) is 0 Å². The number of halogens is 1. The van der Waals surface area contributed by atoms with E-state index in [2.05, 4.69) is 21.2 Å². The van der Waals surface area contributed by atoms with Crippen LogP contribution < -0.4 is 5.32 Å². The molecule has 33 heavy (non-hydrogen) atoms. The first kappa shape index (κ1) is 23.9. The standard InChI is InChI=1S/C24H27BrN2O5S/c1-2-32-23(29)24(13-14-24)18-5-9-20(10-6-18)26-22(28)17-4-3-15-27(16-17)33(30,31)21-11-7-19(25)8-12-21/h5-12,17H,2-4,13-16H2,1H3,(H,26,28). The Labute approximate surface area is 202 Å². The molecule has 2 fully saturated rings. The molecular formula is C24H27BrN2O5S. The third kappa shape index (κ3) is 5.00. The summed E-state index contributed by atoms with van der Waals surface area (Å²) in [4.78, 5) is 25.4. The van der Waals surface area contributed by atoms with Crippen LogP contribution in [-0.4, -0.2) is 44.3 Å². The van der Waals surface area contributed by atoms with Crippen molar-refractivity contribution in [2.75, 3.05) is 25.0 Å². The number of benzene rings is 2. The van der Waals surface area contributed by atoms with E-state index in [1.165, 1.54) is 4.31 Å². The van der Waals surface area contributed by atoms with E-state index in [9.17, 15) is 18.0 Å². The van der Waals surface area contributed by atoms with Crippen LogP contribution in [0.5, 0.6) is 0 Å². The molecule has 0 aromatic heterocycles. The van der Waals surface area contributed by atoms with Crippen molar-refractivity contribution in [1.29, 1.82) is 0 Å². The number of hydrogen-bond donors (Lipinski definition) is 1. The lowest BCUT2D eigenvalue weighted by atomic mass is 9.95. The number of carbonyl (C=O) groups is 2. The van der Waals surface area contributed by atoms with Gasteiger partial charge in [-0.05, 0) is 74.6 Å². The predicted octanol–water partition coefficient (Wildman–Crippen LogP) is 4.08. The van der Waals surface area contributed by atoms with Crippen LogP contribution in [0.2, 0.25) is 0 Å². The molecule has 1 aliphatic carbocycles. The highest BCUT2D eigenvalue weighted by Crippen LogP contribution is 2.49. The Morgan fingerprint density at radius 1 is 1.12 bits per heavy atom. The number of sulfonamides is 1. The van der Waals surface area contributed by atoms with Crippen molar-refractivity contribution in [1.82, 2.24) is 4.31 Å². The second-order valence-electron chi connectivity index (χ2n) is 8.53. The highest BCUT2D eigenvalue weighted by Gasteiger charge is 2.52. The lowest BCUT2D eigenvalue weighted by molar-refractivity contribution is -0.146. The van der Waals surface area contributed by atoms with E-state index in [0.717, 1.165) is 22.9 Å². The van der Waals surface area contributed by atoms with Crippen LogP contribution in [0.1, 0.15) is 38.2 Å². The Hall–Kier alpha value is -2.23. The number of amides is 1. The lowest BCUT2D eigenvalue weighted by Gasteiger charge is -2.31. The van der Waals surface area contributed by atoms with Gasteiger partial charge in [0.2, 0.25) is 15.9 Å². The topological polar surface area (TPSA) is 92.8 Å². The van der Waals surface area contributed by atoms with Gasteiger partial charge in [-0.3, -0.25) is 9.59 Å². The molecule has 1 amide bonds. The number of carbonyl (C=O) groups excluding carboxylic acids is 2. The zero-order chi connectivity index (χ0) is 23.6. The van der Waals surface area contributed by atoms with E-state index in [4.69, 9.17) is 4.74 Å². The number of esters is 1. The first-order chi connectivity index (χ1) is 15.8. The lowest BCUT2D eigenvalue weighted by Crippen LogP contribution is -2.43. The smallest absolute Gasteiger partial charge is 0.316 e. The Morgan fingerprint density at radius 2 is 1.79 bits per heavy atom. The van der Waals surface area contributed by atoms with Crippen molar-refractivity contribution < 1.29 is 22.7 Å². The van der Waals surface area contributed by atoms with E-state index in [0.29, 0.717) is 31.7 Å². The molecule has 0 radical (unpaired) electrons. The van der Waals surface area contributed by atoms with Crippen LogP contribution in [0.25, 0.3) is 0 Å². The summed E-state index contributed by atoms with van der Waals surface area (Å²) in [6.45, 7) is 2.69. The van der Waals surface area contributed by atoms with E-state index in [1.54, 1.807) is 43.3 Å². The Balaban J connectivity index is 1.40. The molecule has 176 valence electrons. The summed E-state index contributed by atoms with van der Waals surface area (Å²) in [5.41, 5.74) is 0.962. The number of anilines is 1. The number of nitrogens with one attached hydrogen (secondary N) is 1. The van der Waals surface area contributed by atoms with E-state index < -0.39 is 21.4 Å². The zero-order valence-electron chi connectivity index (χ0n) is 18.4. The molecule has 1 unspecified atom stereocenters. The van der Waals surface area contributed by atoms with Gasteiger partial charge < -0.3 is 10.1 Å². The predicted molar refractivity (Wildman–Crippen MR) is 128 cm³/mol. The second-order valence-corrected chi connectivity index (χ2v) is 11.4. The fourth-order valence-electron chi connectivity index (χ4n) is 4.25. The molecule has 1 saturated heterocycles. The summed E-state index contributed by atoms with van der Waals surface area (Å²) in [6, 6.07) is 13.8. The average Bonchev–Trinajstić information content (AvgIpc) is 3.62. The van der Waals surface area contributed by atoms with Crippen LogP contribution in [0, 0.1) is 5.92 Å². The maximum atomic E-state index is 13.0. The fraction of sp³-hybridized carbons (Fsp3) is 0.417. The third-order valence-electron chi connectivity index (χ3n) is 6.33. The van der Waals surface area contributed by atoms with E-state index in [-0.39, 0.29) is 23.3 Å². The minimum absolute atomic E-state index is 0.147. The van der Waals surface area contributed by atoms with Crippen molar-refractivity contribution in [2.24, 2.45) is 5.92 Å². The van der Waals surface area contributed by atoms with Gasteiger partial charge in [-0.1, -0.05) is 28.1 Å². The molecule has 9 heteroatoms. The van der Waals surface area contributed by atoms with Crippen LogP contribution >= 0.6 is 15.9 Å². The van der Waals surface area contributed by atoms with Crippen LogP contribution in [0.15, 0.2) is 57.9 Å². The molecule has 7 nitrogen and oxygen atoms in total. The number of rotatable bonds is 7. The number of ether oxygens (including phenoxy) is 1. The molecule has 1 saturated carbocycles. The minimum atomic E-state index is -3.66. The van der Waals surface area contributed by atoms with Crippen LogP contribution in [0.3, 0.4) is 0 Å².